The summed E-state index contributed by atoms with van der Waals surface area (Å²) in [6.07, 6.45) is 4.64. The van der Waals surface area contributed by atoms with E-state index in [1.807, 2.05) is 0 Å². The number of guanidine groups is 1. The number of rotatable bonds is 9. The number of para-hydroxylation sites is 1. The molecule has 6 nitrogen and oxygen atoms in total. The molecule has 0 radical (unpaired) electrons. The van der Waals surface area contributed by atoms with E-state index in [1.54, 1.807) is 0 Å². The van der Waals surface area contributed by atoms with Crippen molar-refractivity contribution >= 4 is 35.6 Å². The first-order valence-electron chi connectivity index (χ1n) is 11.4. The smallest absolute Gasteiger partial charge is 0.191 e. The first-order chi connectivity index (χ1) is 14.2. The number of benzene rings is 1. The zero-order valence-corrected chi connectivity index (χ0v) is 21.1. The molecular weight excluding hydrogens is 489 g/mol. The van der Waals surface area contributed by atoms with Crippen LogP contribution in [0.1, 0.15) is 39.5 Å². The van der Waals surface area contributed by atoms with Crippen LogP contribution in [0.2, 0.25) is 0 Å². The van der Waals surface area contributed by atoms with E-state index in [-0.39, 0.29) is 29.6 Å². The lowest BCUT2D eigenvalue weighted by atomic mass is 10.0. The molecule has 0 saturated carbocycles. The lowest BCUT2D eigenvalue weighted by molar-refractivity contribution is 0.0283. The van der Waals surface area contributed by atoms with Crippen molar-refractivity contribution in [2.24, 2.45) is 4.99 Å². The number of ether oxygens (including phenoxy) is 1. The molecular formula is C23H40IN5O. The molecule has 0 aromatic heterocycles. The fourth-order valence-corrected chi connectivity index (χ4v) is 4.09. The third-order valence-corrected chi connectivity index (χ3v) is 5.90. The Kier molecular flexibility index (Phi) is 11.2. The van der Waals surface area contributed by atoms with Crippen LogP contribution in [0.25, 0.3) is 0 Å². The second kappa shape index (κ2) is 13.4. The topological polar surface area (TPSA) is 52.1 Å². The van der Waals surface area contributed by atoms with Gasteiger partial charge in [0.25, 0.3) is 0 Å². The standard InChI is InChI=1S/C23H39N5O.HI/c1-3-24-22(26-20-23(2)12-9-19-29-23)25-13-7-8-14-27-15-17-28(18-16-27)21-10-5-4-6-11-21;/h4-6,10-11H,3,7-9,12-20H2,1-2H3,(H2,24,25,26);1H. The highest BCUT2D eigenvalue weighted by molar-refractivity contribution is 14.0. The summed E-state index contributed by atoms with van der Waals surface area (Å²) in [5.41, 5.74) is 1.27. The van der Waals surface area contributed by atoms with Gasteiger partial charge in [0.1, 0.15) is 0 Å². The fraction of sp³-hybridized carbons (Fsp3) is 0.696. The van der Waals surface area contributed by atoms with Crippen molar-refractivity contribution < 1.29 is 4.74 Å². The normalized spacial score (nSPS) is 22.6. The second-order valence-corrected chi connectivity index (χ2v) is 8.40. The summed E-state index contributed by atoms with van der Waals surface area (Å²) in [5, 5.41) is 6.84. The number of nitrogens with zero attached hydrogens (tertiary/aromatic N) is 3. The second-order valence-electron chi connectivity index (χ2n) is 8.40. The highest BCUT2D eigenvalue weighted by Crippen LogP contribution is 2.25. The Balaban J connectivity index is 0.00000320. The van der Waals surface area contributed by atoms with Crippen molar-refractivity contribution in [3.05, 3.63) is 30.3 Å². The van der Waals surface area contributed by atoms with Gasteiger partial charge in [-0.1, -0.05) is 18.2 Å². The van der Waals surface area contributed by atoms with E-state index in [0.29, 0.717) is 0 Å². The molecule has 1 aromatic carbocycles. The number of unbranched alkanes of at least 4 members (excludes halogenated alkanes) is 1. The molecule has 2 saturated heterocycles. The van der Waals surface area contributed by atoms with E-state index in [4.69, 9.17) is 9.73 Å². The number of piperazine rings is 1. The van der Waals surface area contributed by atoms with E-state index >= 15 is 0 Å². The van der Waals surface area contributed by atoms with Crippen LogP contribution in [-0.2, 0) is 4.74 Å². The quantitative estimate of drug-likeness (QED) is 0.223. The van der Waals surface area contributed by atoms with Crippen LogP contribution < -0.4 is 15.5 Å². The van der Waals surface area contributed by atoms with E-state index < -0.39 is 0 Å². The minimum absolute atomic E-state index is 0. The van der Waals surface area contributed by atoms with Gasteiger partial charge in [0, 0.05) is 51.6 Å². The Morgan fingerprint density at radius 1 is 1.10 bits per heavy atom. The fourth-order valence-electron chi connectivity index (χ4n) is 4.09. The SMILES string of the molecule is CCNC(=NCC1(C)CCCO1)NCCCCN1CCN(c2ccccc2)CC1.I. The van der Waals surface area contributed by atoms with E-state index in [1.165, 1.54) is 18.7 Å². The van der Waals surface area contributed by atoms with Gasteiger partial charge >= 0.3 is 0 Å². The molecule has 1 aromatic rings. The third-order valence-electron chi connectivity index (χ3n) is 5.90. The maximum absolute atomic E-state index is 5.84. The van der Waals surface area contributed by atoms with Crippen molar-refractivity contribution in [3.63, 3.8) is 0 Å². The molecule has 0 amide bonds. The summed E-state index contributed by atoms with van der Waals surface area (Å²) in [5.74, 6) is 0.917. The summed E-state index contributed by atoms with van der Waals surface area (Å²) < 4.78 is 5.84. The maximum atomic E-state index is 5.84. The van der Waals surface area contributed by atoms with Crippen LogP contribution in [0.3, 0.4) is 0 Å². The third kappa shape index (κ3) is 8.23. The van der Waals surface area contributed by atoms with Gasteiger partial charge in [-0.05, 0) is 58.2 Å². The highest BCUT2D eigenvalue weighted by atomic mass is 127. The van der Waals surface area contributed by atoms with Crippen molar-refractivity contribution in [1.29, 1.82) is 0 Å². The summed E-state index contributed by atoms with van der Waals surface area (Å²) in [7, 11) is 0. The lowest BCUT2D eigenvalue weighted by Gasteiger charge is -2.36. The minimum Gasteiger partial charge on any atom is -0.373 e. The molecule has 2 N–H and O–H groups in total. The van der Waals surface area contributed by atoms with Gasteiger partial charge < -0.3 is 20.3 Å². The number of anilines is 1. The predicted molar refractivity (Wildman–Crippen MR) is 137 cm³/mol. The summed E-state index contributed by atoms with van der Waals surface area (Å²) in [6, 6.07) is 10.8. The molecule has 7 heteroatoms. The van der Waals surface area contributed by atoms with Gasteiger partial charge in [-0.3, -0.25) is 9.89 Å². The zero-order chi connectivity index (χ0) is 20.4. The van der Waals surface area contributed by atoms with Gasteiger partial charge in [0.05, 0.1) is 12.1 Å². The molecule has 3 rings (SSSR count). The average molecular weight is 530 g/mol. The minimum atomic E-state index is -0.0791. The van der Waals surface area contributed by atoms with Crippen molar-refractivity contribution in [2.45, 2.75) is 45.1 Å². The summed E-state index contributed by atoms with van der Waals surface area (Å²) >= 11 is 0. The monoisotopic (exact) mass is 529 g/mol. The Hall–Kier alpha value is -1.06. The first kappa shape index (κ1) is 25.2. The van der Waals surface area contributed by atoms with Gasteiger partial charge in [-0.2, -0.15) is 0 Å². The Labute approximate surface area is 199 Å². The van der Waals surface area contributed by atoms with Crippen LogP contribution in [-0.4, -0.2) is 75.4 Å². The molecule has 0 aliphatic carbocycles. The van der Waals surface area contributed by atoms with Crippen molar-refractivity contribution in [3.8, 4) is 0 Å². The number of halogens is 1. The zero-order valence-electron chi connectivity index (χ0n) is 18.7. The number of nitrogens with one attached hydrogen (secondary N) is 2. The van der Waals surface area contributed by atoms with Crippen LogP contribution in [0, 0.1) is 0 Å². The van der Waals surface area contributed by atoms with E-state index in [9.17, 15) is 0 Å². The number of aliphatic imine (C=N–C) groups is 1. The van der Waals surface area contributed by atoms with Gasteiger partial charge in [0.15, 0.2) is 5.96 Å². The first-order valence-corrected chi connectivity index (χ1v) is 11.4. The average Bonchev–Trinajstić information content (AvgIpc) is 3.19. The van der Waals surface area contributed by atoms with Gasteiger partial charge in [-0.15, -0.1) is 24.0 Å². The molecule has 2 aliphatic rings. The van der Waals surface area contributed by atoms with E-state index in [2.05, 4.69) is 64.6 Å². The van der Waals surface area contributed by atoms with Crippen molar-refractivity contribution in [2.75, 3.05) is 63.9 Å². The highest BCUT2D eigenvalue weighted by Gasteiger charge is 2.29. The van der Waals surface area contributed by atoms with Gasteiger partial charge in [0.2, 0.25) is 0 Å². The molecule has 2 fully saturated rings. The Bertz CT molecular complexity index is 613. The maximum Gasteiger partial charge on any atom is 0.191 e. The van der Waals surface area contributed by atoms with Gasteiger partial charge in [-0.25, -0.2) is 0 Å². The molecule has 1 unspecified atom stereocenters. The molecule has 0 spiro atoms. The van der Waals surface area contributed by atoms with Crippen LogP contribution >= 0.6 is 24.0 Å². The summed E-state index contributed by atoms with van der Waals surface area (Å²) in [4.78, 5) is 9.83. The molecule has 2 heterocycles. The predicted octanol–water partition coefficient (Wildman–Crippen LogP) is 3.33. The molecule has 2 aliphatic heterocycles. The van der Waals surface area contributed by atoms with Crippen LogP contribution in [0.5, 0.6) is 0 Å². The lowest BCUT2D eigenvalue weighted by Crippen LogP contribution is -2.46. The van der Waals surface area contributed by atoms with E-state index in [0.717, 1.165) is 77.6 Å². The Morgan fingerprint density at radius 2 is 1.87 bits per heavy atom. The molecule has 1 atom stereocenters. The molecule has 0 bridgehead atoms. The van der Waals surface area contributed by atoms with Crippen LogP contribution in [0.4, 0.5) is 5.69 Å². The summed E-state index contributed by atoms with van der Waals surface area (Å²) in [6.45, 7) is 13.5. The van der Waals surface area contributed by atoms with Crippen molar-refractivity contribution in [1.82, 2.24) is 15.5 Å². The molecule has 30 heavy (non-hydrogen) atoms. The Morgan fingerprint density at radius 3 is 2.53 bits per heavy atom. The molecule has 170 valence electrons. The number of hydrogen-bond donors (Lipinski definition) is 2. The largest absolute Gasteiger partial charge is 0.373 e. The number of hydrogen-bond acceptors (Lipinski definition) is 4. The van der Waals surface area contributed by atoms with Crippen LogP contribution in [0.15, 0.2) is 35.3 Å².